The molecule has 400 valence electrons. The zero-order valence-corrected chi connectivity index (χ0v) is 47.2. The maximum atomic E-state index is 6.57. The molecule has 0 aliphatic rings. The molecule has 0 fully saturated rings. The fraction of sp³-hybridized carbons (Fsp3) is 0.0244. The zero-order valence-electron chi connectivity index (χ0n) is 47.2. The van der Waals surface area contributed by atoms with Gasteiger partial charge in [0.15, 0.2) is 0 Å². The maximum Gasteiger partial charge on any atom is 0.143 e. The zero-order chi connectivity index (χ0) is 56.5. The molecule has 0 N–H and O–H groups in total. The normalized spacial score (nSPS) is 11.6. The van der Waals surface area contributed by atoms with E-state index >= 15 is 0 Å². The van der Waals surface area contributed by atoms with E-state index in [9.17, 15) is 0 Å². The highest BCUT2D eigenvalue weighted by Gasteiger charge is 2.21. The lowest BCUT2D eigenvalue weighted by molar-refractivity contribution is 0.670. The highest BCUT2D eigenvalue weighted by atomic mass is 16.3. The Morgan fingerprint density at radius 3 is 1.34 bits per heavy atom. The van der Waals surface area contributed by atoms with Crippen LogP contribution < -0.4 is 9.80 Å². The van der Waals surface area contributed by atoms with Gasteiger partial charge in [-0.1, -0.05) is 224 Å². The summed E-state index contributed by atoms with van der Waals surface area (Å²) in [7, 11) is 0. The van der Waals surface area contributed by atoms with Gasteiger partial charge in [-0.2, -0.15) is 0 Å². The number of anilines is 6. The van der Waals surface area contributed by atoms with Crippen LogP contribution in [-0.4, -0.2) is 0 Å². The lowest BCUT2D eigenvalue weighted by Gasteiger charge is -2.28. The van der Waals surface area contributed by atoms with Gasteiger partial charge in [0.05, 0.1) is 5.69 Å². The number of fused-ring (bicyclic) bond motifs is 11. The highest BCUT2D eigenvalue weighted by molar-refractivity contribution is 6.26. The van der Waals surface area contributed by atoms with E-state index in [-0.39, 0.29) is 0 Å². The monoisotopic (exact) mass is 1080 g/mol. The van der Waals surface area contributed by atoms with Gasteiger partial charge < -0.3 is 14.2 Å². The molecule has 0 aliphatic carbocycles. The van der Waals surface area contributed by atoms with E-state index in [4.69, 9.17) is 4.42 Å². The molecule has 0 bridgehead atoms. The molecule has 0 unspecified atom stereocenters. The van der Waals surface area contributed by atoms with Crippen molar-refractivity contribution in [3.8, 4) is 44.5 Å². The minimum Gasteiger partial charge on any atom is -0.455 e. The minimum atomic E-state index is 0.902. The van der Waals surface area contributed by atoms with Crippen LogP contribution in [0.2, 0.25) is 0 Å². The first-order valence-electron chi connectivity index (χ1n) is 29.3. The topological polar surface area (TPSA) is 19.6 Å². The van der Waals surface area contributed by atoms with E-state index in [2.05, 4.69) is 321 Å². The Hall–Kier alpha value is -11.0. The molecule has 0 atom stereocenters. The van der Waals surface area contributed by atoms with Crippen LogP contribution in [0.15, 0.2) is 308 Å². The number of rotatable bonds is 10. The van der Waals surface area contributed by atoms with E-state index in [1.807, 2.05) is 6.07 Å². The van der Waals surface area contributed by atoms with Gasteiger partial charge in [-0.05, 0) is 191 Å². The molecule has 16 aromatic rings. The van der Waals surface area contributed by atoms with Crippen molar-refractivity contribution in [3.05, 3.63) is 314 Å². The van der Waals surface area contributed by atoms with Crippen molar-refractivity contribution >= 4 is 110 Å². The van der Waals surface area contributed by atoms with E-state index in [1.54, 1.807) is 0 Å². The summed E-state index contributed by atoms with van der Waals surface area (Å²) in [5.74, 6) is 0. The van der Waals surface area contributed by atoms with Crippen LogP contribution in [0, 0.1) is 13.8 Å². The lowest BCUT2D eigenvalue weighted by atomic mass is 9.91. The number of aryl methyl sites for hydroxylation is 2. The second-order valence-electron chi connectivity index (χ2n) is 22.4. The summed E-state index contributed by atoms with van der Waals surface area (Å²) in [6, 6.07) is 111. The van der Waals surface area contributed by atoms with Crippen molar-refractivity contribution in [2.24, 2.45) is 0 Å². The average molecular weight is 1090 g/mol. The quantitative estimate of drug-likeness (QED) is 0.127. The Labute approximate surface area is 494 Å². The molecule has 15 aromatic carbocycles. The maximum absolute atomic E-state index is 6.57. The Morgan fingerprint density at radius 1 is 0.235 bits per heavy atom. The fourth-order valence-electron chi connectivity index (χ4n) is 13.5. The molecular weight excluding hydrogens is 1030 g/mol. The Bertz CT molecular complexity index is 5230. The van der Waals surface area contributed by atoms with Crippen molar-refractivity contribution in [1.29, 1.82) is 0 Å². The summed E-state index contributed by atoms with van der Waals surface area (Å²) in [6.45, 7) is 4.49. The van der Waals surface area contributed by atoms with Gasteiger partial charge in [-0.3, -0.25) is 0 Å². The average Bonchev–Trinajstić information content (AvgIpc) is 4.23. The van der Waals surface area contributed by atoms with Gasteiger partial charge in [-0.25, -0.2) is 0 Å². The lowest BCUT2D eigenvalue weighted by Crippen LogP contribution is -2.11. The largest absolute Gasteiger partial charge is 0.455 e. The Balaban J connectivity index is 0.783. The molecule has 0 saturated carbocycles. The smallest absolute Gasteiger partial charge is 0.143 e. The number of furan rings is 1. The van der Waals surface area contributed by atoms with Crippen LogP contribution in [0.1, 0.15) is 11.1 Å². The van der Waals surface area contributed by atoms with Crippen molar-refractivity contribution in [1.82, 2.24) is 0 Å². The molecule has 0 spiro atoms. The van der Waals surface area contributed by atoms with Crippen molar-refractivity contribution < 1.29 is 4.42 Å². The van der Waals surface area contributed by atoms with Crippen molar-refractivity contribution in [2.45, 2.75) is 13.8 Å². The molecule has 3 nitrogen and oxygen atoms in total. The molecule has 3 heteroatoms. The third kappa shape index (κ3) is 8.51. The molecule has 1 aromatic heterocycles. The highest BCUT2D eigenvalue weighted by Crippen LogP contribution is 2.46. The number of para-hydroxylation sites is 3. The van der Waals surface area contributed by atoms with E-state index in [1.165, 1.54) is 92.8 Å². The van der Waals surface area contributed by atoms with Crippen molar-refractivity contribution in [2.75, 3.05) is 9.80 Å². The predicted molar refractivity (Wildman–Crippen MR) is 362 cm³/mol. The van der Waals surface area contributed by atoms with Gasteiger partial charge in [0.25, 0.3) is 0 Å². The summed E-state index contributed by atoms with van der Waals surface area (Å²) in [5, 5.41) is 14.7. The summed E-state index contributed by atoms with van der Waals surface area (Å²) in [5.41, 5.74) is 20.2. The first-order chi connectivity index (χ1) is 42.0. The van der Waals surface area contributed by atoms with Crippen LogP contribution >= 0.6 is 0 Å². The standard InChI is InChI=1S/C82H56N2O/c1-53-50-62(43-46-64(53)65-47-44-63(51-54(65)2)84(59-20-4-3-5-21-59)80-32-16-19-56-18-6-7-22-67(56)80)83(60-39-34-55(35-40-60)58-38-45-75-72-27-11-10-25-70(72)71-26-12-13-28-73(71)79(75)52-58)61-41-36-57(37-42-61)66-48-49-74(69-24-9-8-23-68(66)69)77-30-17-31-78-76-29-14-15-33-81(76)85-82(77)78/h3-52H,1-2H3. The van der Waals surface area contributed by atoms with E-state index in [0.717, 1.165) is 72.8 Å². The summed E-state index contributed by atoms with van der Waals surface area (Å²) in [4.78, 5) is 4.78. The summed E-state index contributed by atoms with van der Waals surface area (Å²) < 4.78 is 6.57. The van der Waals surface area contributed by atoms with Crippen molar-refractivity contribution in [3.63, 3.8) is 0 Å². The molecule has 0 aliphatic heterocycles. The van der Waals surface area contributed by atoms with Gasteiger partial charge in [0.2, 0.25) is 0 Å². The molecule has 0 radical (unpaired) electrons. The van der Waals surface area contributed by atoms with Crippen LogP contribution in [0.4, 0.5) is 34.1 Å². The third-order valence-electron chi connectivity index (χ3n) is 17.5. The van der Waals surface area contributed by atoms with Gasteiger partial charge in [-0.15, -0.1) is 0 Å². The minimum absolute atomic E-state index is 0.902. The van der Waals surface area contributed by atoms with E-state index < -0.39 is 0 Å². The molecule has 16 rings (SSSR count). The van der Waals surface area contributed by atoms with Crippen LogP contribution in [0.25, 0.3) is 120 Å². The van der Waals surface area contributed by atoms with Gasteiger partial charge >= 0.3 is 0 Å². The third-order valence-corrected chi connectivity index (χ3v) is 17.5. The molecule has 85 heavy (non-hydrogen) atoms. The first-order valence-corrected chi connectivity index (χ1v) is 29.3. The molecular formula is C82H56N2O. The van der Waals surface area contributed by atoms with Crippen LogP contribution in [0.5, 0.6) is 0 Å². The van der Waals surface area contributed by atoms with Gasteiger partial charge in [0, 0.05) is 50.2 Å². The number of nitrogens with zero attached hydrogens (tertiary/aromatic N) is 2. The molecule has 0 saturated heterocycles. The van der Waals surface area contributed by atoms with Crippen LogP contribution in [0.3, 0.4) is 0 Å². The second-order valence-corrected chi connectivity index (χ2v) is 22.4. The molecule has 0 amide bonds. The summed E-state index contributed by atoms with van der Waals surface area (Å²) in [6.07, 6.45) is 0. The predicted octanol–water partition coefficient (Wildman–Crippen LogP) is 23.6. The SMILES string of the molecule is Cc1cc(N(c2ccc(-c3ccc4c5ccccc5c5ccccc5c4c3)cc2)c2ccc(-c3ccc(-c4cccc5c4oc4ccccc45)c4ccccc34)cc2)ccc1-c1ccc(N(c2ccccc2)c2cccc3ccccc23)cc1C. The Morgan fingerprint density at radius 2 is 0.682 bits per heavy atom. The van der Waals surface area contributed by atoms with Gasteiger partial charge in [0.1, 0.15) is 11.2 Å². The van der Waals surface area contributed by atoms with Crippen LogP contribution in [-0.2, 0) is 0 Å². The second kappa shape index (κ2) is 20.5. The molecule has 1 heterocycles. The Kier molecular flexibility index (Phi) is 12.0. The fourth-order valence-corrected chi connectivity index (χ4v) is 13.5. The number of hydrogen-bond acceptors (Lipinski definition) is 3. The first kappa shape index (κ1) is 49.8. The number of hydrogen-bond donors (Lipinski definition) is 0. The number of benzene rings is 15. The van der Waals surface area contributed by atoms with E-state index in [0.29, 0.717) is 0 Å². The summed E-state index contributed by atoms with van der Waals surface area (Å²) >= 11 is 0.